The van der Waals surface area contributed by atoms with Crippen molar-refractivity contribution in [1.82, 2.24) is 5.32 Å². The molecule has 186 valence electrons. The zero-order chi connectivity index (χ0) is 25.8. The molecular weight excluding hydrogens is 479 g/mol. The fourth-order valence-electron chi connectivity index (χ4n) is 3.45. The number of esters is 1. The Labute approximate surface area is 209 Å². The Hall–Kier alpha value is -3.92. The summed E-state index contributed by atoms with van der Waals surface area (Å²) >= 11 is 0. The molecule has 0 aliphatic heterocycles. The summed E-state index contributed by atoms with van der Waals surface area (Å²) in [4.78, 5) is 35.7. The molecule has 9 heteroatoms. The van der Waals surface area contributed by atoms with Crippen molar-refractivity contribution < 1.29 is 28.5 Å². The van der Waals surface area contributed by atoms with E-state index in [1.165, 1.54) is 6.07 Å². The summed E-state index contributed by atoms with van der Waals surface area (Å²) in [6, 6.07) is 26.5. The molecule has 0 aliphatic rings. The van der Waals surface area contributed by atoms with E-state index in [1.54, 1.807) is 42.5 Å². The third-order valence-corrected chi connectivity index (χ3v) is 7.49. The molecule has 8 nitrogen and oxygen atoms in total. The Morgan fingerprint density at radius 2 is 1.47 bits per heavy atom. The molecule has 0 fully saturated rings. The van der Waals surface area contributed by atoms with Crippen LogP contribution in [-0.2, 0) is 38.2 Å². The smallest absolute Gasteiger partial charge is 0.408 e. The van der Waals surface area contributed by atoms with E-state index >= 15 is 0 Å². The predicted octanol–water partition coefficient (Wildman–Crippen LogP) is 5.10. The summed E-state index contributed by atoms with van der Waals surface area (Å²) in [5, 5.41) is 11.6. The second-order valence-electron chi connectivity index (χ2n) is 8.13. The van der Waals surface area contributed by atoms with Gasteiger partial charge in [0.2, 0.25) is 7.37 Å². The molecule has 0 aromatic heterocycles. The second-order valence-corrected chi connectivity index (χ2v) is 10.6. The molecule has 1 amide bonds. The van der Waals surface area contributed by atoms with Gasteiger partial charge in [0.1, 0.15) is 19.0 Å². The monoisotopic (exact) mass is 506 g/mol. The number of nitrogens with zero attached hydrogens (tertiary/aromatic N) is 1. The molecule has 0 radical (unpaired) electrons. The summed E-state index contributed by atoms with van der Waals surface area (Å²) in [6.07, 6.45) is -1.47. The number of hydrogen-bond acceptors (Lipinski definition) is 6. The van der Waals surface area contributed by atoms with Crippen molar-refractivity contribution in [2.75, 3.05) is 0 Å². The normalized spacial score (nSPS) is 13.0. The largest absolute Gasteiger partial charge is 0.461 e. The Kier molecular flexibility index (Phi) is 9.82. The zero-order valence-corrected chi connectivity index (χ0v) is 20.5. The summed E-state index contributed by atoms with van der Waals surface area (Å²) in [5.74, 6) is -1.81. The molecule has 2 unspecified atom stereocenters. The van der Waals surface area contributed by atoms with Crippen LogP contribution in [0.5, 0.6) is 0 Å². The van der Waals surface area contributed by atoms with Crippen LogP contribution in [0.15, 0.2) is 84.9 Å². The van der Waals surface area contributed by atoms with Crippen molar-refractivity contribution in [3.05, 3.63) is 107 Å². The molecule has 0 heterocycles. The molecule has 36 heavy (non-hydrogen) atoms. The van der Waals surface area contributed by atoms with Gasteiger partial charge in [0, 0.05) is 6.42 Å². The number of carbonyl (C=O) groups excluding carboxylic acids is 2. The number of rotatable bonds is 11. The van der Waals surface area contributed by atoms with Gasteiger partial charge in [-0.15, -0.1) is 0 Å². The number of amides is 1. The molecule has 2 N–H and O–H groups in total. The van der Waals surface area contributed by atoms with Crippen molar-refractivity contribution in [2.45, 2.75) is 38.0 Å². The van der Waals surface area contributed by atoms with E-state index in [9.17, 15) is 19.0 Å². The van der Waals surface area contributed by atoms with Crippen LogP contribution in [0.1, 0.15) is 35.1 Å². The molecule has 3 rings (SSSR count). The minimum absolute atomic E-state index is 0.0154. The van der Waals surface area contributed by atoms with E-state index in [4.69, 9.17) is 14.7 Å². The number of ether oxygens (including phenoxy) is 2. The predicted molar refractivity (Wildman–Crippen MR) is 134 cm³/mol. The highest BCUT2D eigenvalue weighted by molar-refractivity contribution is 7.57. The highest BCUT2D eigenvalue weighted by atomic mass is 31.2. The van der Waals surface area contributed by atoms with Gasteiger partial charge in [0.15, 0.2) is 0 Å². The van der Waals surface area contributed by atoms with Crippen molar-refractivity contribution in [2.24, 2.45) is 0 Å². The van der Waals surface area contributed by atoms with E-state index < -0.39 is 25.2 Å². The van der Waals surface area contributed by atoms with Gasteiger partial charge >= 0.3 is 12.1 Å². The van der Waals surface area contributed by atoms with Crippen LogP contribution in [0.3, 0.4) is 0 Å². The van der Waals surface area contributed by atoms with Crippen LogP contribution in [0.4, 0.5) is 4.79 Å². The summed E-state index contributed by atoms with van der Waals surface area (Å²) < 4.78 is 23.8. The van der Waals surface area contributed by atoms with Gasteiger partial charge in [-0.25, -0.2) is 4.79 Å². The van der Waals surface area contributed by atoms with E-state index in [2.05, 4.69) is 5.32 Å². The fourth-order valence-corrected chi connectivity index (χ4v) is 5.23. The fraction of sp³-hybridized carbons (Fsp3) is 0.222. The zero-order valence-electron chi connectivity index (χ0n) is 19.6. The number of nitriles is 1. The Morgan fingerprint density at radius 1 is 0.889 bits per heavy atom. The molecule has 3 aromatic rings. The first-order chi connectivity index (χ1) is 17.4. The maximum Gasteiger partial charge on any atom is 0.408 e. The van der Waals surface area contributed by atoms with Gasteiger partial charge < -0.3 is 19.7 Å². The van der Waals surface area contributed by atoms with Crippen LogP contribution in [0.25, 0.3) is 0 Å². The van der Waals surface area contributed by atoms with Crippen molar-refractivity contribution in [1.29, 1.82) is 5.26 Å². The molecule has 0 bridgehead atoms. The van der Waals surface area contributed by atoms with Crippen LogP contribution < -0.4 is 5.32 Å². The SMILES string of the molecule is N#Cc1cccc(CP(=O)(O)C(CCC(=O)OCc2ccccc2)NC(=O)OCc2ccccc2)c1. The minimum atomic E-state index is -4.07. The van der Waals surface area contributed by atoms with Crippen LogP contribution >= 0.6 is 7.37 Å². The van der Waals surface area contributed by atoms with E-state index in [-0.39, 0.29) is 32.2 Å². The molecule has 0 aliphatic carbocycles. The topological polar surface area (TPSA) is 126 Å². The lowest BCUT2D eigenvalue weighted by Gasteiger charge is -2.24. The van der Waals surface area contributed by atoms with Gasteiger partial charge in [0.25, 0.3) is 0 Å². The highest BCUT2D eigenvalue weighted by Crippen LogP contribution is 2.50. The average molecular weight is 506 g/mol. The van der Waals surface area contributed by atoms with E-state index in [0.717, 1.165) is 11.1 Å². The second kappa shape index (κ2) is 13.2. The average Bonchev–Trinajstić information content (AvgIpc) is 2.89. The van der Waals surface area contributed by atoms with Crippen LogP contribution in [0.2, 0.25) is 0 Å². The lowest BCUT2D eigenvalue weighted by Crippen LogP contribution is -2.36. The molecule has 2 atom stereocenters. The maximum absolute atomic E-state index is 13.3. The molecule has 3 aromatic carbocycles. The van der Waals surface area contributed by atoms with Gasteiger partial charge in [-0.3, -0.25) is 9.36 Å². The molecule has 0 spiro atoms. The minimum Gasteiger partial charge on any atom is -0.461 e. The summed E-state index contributed by atoms with van der Waals surface area (Å²) in [5.41, 5.74) is 2.39. The van der Waals surface area contributed by atoms with Gasteiger partial charge in [0.05, 0.1) is 17.8 Å². The quantitative estimate of drug-likeness (QED) is 0.274. The maximum atomic E-state index is 13.3. The van der Waals surface area contributed by atoms with Gasteiger partial charge in [-0.05, 0) is 35.2 Å². The lowest BCUT2D eigenvalue weighted by atomic mass is 10.2. The number of hydrogen-bond donors (Lipinski definition) is 2. The van der Waals surface area contributed by atoms with Crippen LogP contribution in [-0.4, -0.2) is 22.7 Å². The first kappa shape index (κ1) is 26.7. The van der Waals surface area contributed by atoms with Gasteiger partial charge in [-0.2, -0.15) is 5.26 Å². The summed E-state index contributed by atoms with van der Waals surface area (Å²) in [6.45, 7) is 0.0626. The van der Waals surface area contributed by atoms with Crippen molar-refractivity contribution >= 4 is 19.4 Å². The van der Waals surface area contributed by atoms with E-state index in [1.807, 2.05) is 42.5 Å². The summed E-state index contributed by atoms with van der Waals surface area (Å²) in [7, 11) is -4.07. The third-order valence-electron chi connectivity index (χ3n) is 5.31. The molecular formula is C27H27N2O6P. The first-order valence-corrected chi connectivity index (χ1v) is 13.2. The Morgan fingerprint density at radius 3 is 2.08 bits per heavy atom. The van der Waals surface area contributed by atoms with Crippen LogP contribution in [0, 0.1) is 11.3 Å². The van der Waals surface area contributed by atoms with Gasteiger partial charge in [-0.1, -0.05) is 72.8 Å². The number of benzene rings is 3. The number of alkyl carbamates (subject to hydrolysis) is 1. The molecule has 0 saturated carbocycles. The van der Waals surface area contributed by atoms with Crippen molar-refractivity contribution in [3.8, 4) is 6.07 Å². The Bertz CT molecular complexity index is 1240. The Balaban J connectivity index is 1.65. The third kappa shape index (κ3) is 8.70. The standard InChI is InChI=1S/C27H27N2O6P/c28-17-23-12-7-13-24(16-23)20-36(32,33)25(29-27(31)35-19-22-10-5-2-6-11-22)14-15-26(30)34-18-21-8-3-1-4-9-21/h1-13,16,25H,14-15,18-20H2,(H,29,31)(H,32,33). The molecule has 0 saturated heterocycles. The van der Waals surface area contributed by atoms with Crippen molar-refractivity contribution in [3.63, 3.8) is 0 Å². The number of carbonyl (C=O) groups is 2. The first-order valence-electron chi connectivity index (χ1n) is 11.3. The lowest BCUT2D eigenvalue weighted by molar-refractivity contribution is -0.145. The van der Waals surface area contributed by atoms with E-state index in [0.29, 0.717) is 11.1 Å². The number of nitrogens with one attached hydrogen (secondary N) is 1. The highest BCUT2D eigenvalue weighted by Gasteiger charge is 2.33.